The number of hydrogen-bond acceptors (Lipinski definition) is 5. The smallest absolute Gasteiger partial charge is 0.243 e. The molecule has 0 radical (unpaired) electrons. The van der Waals surface area contributed by atoms with E-state index in [4.69, 9.17) is 14.2 Å². The first-order valence-corrected chi connectivity index (χ1v) is 11.8. The molecule has 9 heteroatoms. The molecule has 2 atom stereocenters. The van der Waals surface area contributed by atoms with Crippen LogP contribution in [0.1, 0.15) is 56.6 Å². The summed E-state index contributed by atoms with van der Waals surface area (Å²) in [5.41, 5.74) is 1.10. The molecule has 1 spiro atoms. The first kappa shape index (κ1) is 26.0. The molecule has 0 aromatic heterocycles. The second-order valence-electron chi connectivity index (χ2n) is 9.08. The minimum absolute atomic E-state index is 0. The summed E-state index contributed by atoms with van der Waals surface area (Å²) in [6, 6.07) is 8.11. The number of carbonyl (C=O) groups excluding carboxylic acids is 1. The fraction of sp³-hybridized carbons (Fsp3) is 0.667. The SMILES string of the molecule is CN(C)C(=O)CN=C(NCC1COC2(CCCCCC2)O1)NC1CCOc2ccccc21.I. The van der Waals surface area contributed by atoms with Crippen LogP contribution >= 0.6 is 24.0 Å². The number of halogens is 1. The Hall–Kier alpha value is -1.59. The lowest BCUT2D eigenvalue weighted by Crippen LogP contribution is -2.45. The fourth-order valence-electron chi connectivity index (χ4n) is 4.55. The van der Waals surface area contributed by atoms with Crippen LogP contribution in [0.5, 0.6) is 5.75 Å². The van der Waals surface area contributed by atoms with Gasteiger partial charge in [0.25, 0.3) is 0 Å². The molecule has 0 bridgehead atoms. The van der Waals surface area contributed by atoms with Crippen molar-refractivity contribution >= 4 is 35.8 Å². The summed E-state index contributed by atoms with van der Waals surface area (Å²) < 4.78 is 18.3. The normalized spacial score (nSPS) is 24.1. The predicted molar refractivity (Wildman–Crippen MR) is 138 cm³/mol. The Balaban J connectivity index is 0.00000306. The van der Waals surface area contributed by atoms with Crippen molar-refractivity contribution in [3.05, 3.63) is 29.8 Å². The monoisotopic (exact) mass is 572 g/mol. The van der Waals surface area contributed by atoms with Gasteiger partial charge in [0.15, 0.2) is 11.7 Å². The standard InChI is InChI=1S/C24H36N4O4.HI/c1-28(2)22(29)16-26-23(27-20-11-14-30-21-10-6-5-9-19(20)21)25-15-18-17-31-24(32-18)12-7-3-4-8-13-24;/h5-6,9-10,18,20H,3-4,7-8,11-17H2,1-2H3,(H2,25,26,27);1H. The molecule has 3 aliphatic rings. The molecule has 2 fully saturated rings. The Morgan fingerprint density at radius 3 is 2.70 bits per heavy atom. The minimum atomic E-state index is -0.409. The van der Waals surface area contributed by atoms with E-state index >= 15 is 0 Å². The number of benzene rings is 1. The molecule has 4 rings (SSSR count). The van der Waals surface area contributed by atoms with E-state index in [0.717, 1.165) is 43.4 Å². The Labute approximate surface area is 213 Å². The van der Waals surface area contributed by atoms with Gasteiger partial charge in [-0.25, -0.2) is 4.99 Å². The second kappa shape index (κ2) is 12.2. The molecule has 1 amide bonds. The van der Waals surface area contributed by atoms with Crippen LogP contribution in [0.15, 0.2) is 29.3 Å². The molecule has 2 aliphatic heterocycles. The summed E-state index contributed by atoms with van der Waals surface area (Å²) >= 11 is 0. The number of nitrogens with one attached hydrogen (secondary N) is 2. The molecule has 1 saturated heterocycles. The molecular weight excluding hydrogens is 535 g/mol. The van der Waals surface area contributed by atoms with Crippen molar-refractivity contribution in [1.82, 2.24) is 15.5 Å². The van der Waals surface area contributed by atoms with Gasteiger partial charge in [-0.15, -0.1) is 24.0 Å². The van der Waals surface area contributed by atoms with E-state index in [0.29, 0.717) is 25.7 Å². The highest BCUT2D eigenvalue weighted by Crippen LogP contribution is 2.36. The summed E-state index contributed by atoms with van der Waals surface area (Å²) in [6.07, 6.45) is 7.55. The van der Waals surface area contributed by atoms with Gasteiger partial charge >= 0.3 is 0 Å². The predicted octanol–water partition coefficient (Wildman–Crippen LogP) is 3.22. The molecule has 184 valence electrons. The van der Waals surface area contributed by atoms with Crippen molar-refractivity contribution in [3.8, 4) is 5.75 Å². The maximum Gasteiger partial charge on any atom is 0.243 e. The van der Waals surface area contributed by atoms with Gasteiger partial charge in [-0.05, 0) is 18.9 Å². The number of aliphatic imine (C=N–C) groups is 1. The van der Waals surface area contributed by atoms with Gasteiger partial charge in [0.2, 0.25) is 5.91 Å². The number of guanidine groups is 1. The maximum atomic E-state index is 12.1. The second-order valence-corrected chi connectivity index (χ2v) is 9.08. The molecule has 33 heavy (non-hydrogen) atoms. The zero-order valence-electron chi connectivity index (χ0n) is 19.7. The Bertz CT molecular complexity index is 811. The van der Waals surface area contributed by atoms with Crippen LogP contribution in [-0.4, -0.2) is 69.1 Å². The van der Waals surface area contributed by atoms with Gasteiger partial charge in [0.05, 0.1) is 19.3 Å². The van der Waals surface area contributed by atoms with Crippen LogP contribution in [0.2, 0.25) is 0 Å². The largest absolute Gasteiger partial charge is 0.493 e. The summed E-state index contributed by atoms with van der Waals surface area (Å²) in [4.78, 5) is 18.2. The lowest BCUT2D eigenvalue weighted by Gasteiger charge is -2.29. The molecule has 1 aliphatic carbocycles. The quantitative estimate of drug-likeness (QED) is 0.321. The van der Waals surface area contributed by atoms with E-state index in [1.807, 2.05) is 18.2 Å². The number of para-hydroxylation sites is 1. The minimum Gasteiger partial charge on any atom is -0.493 e. The van der Waals surface area contributed by atoms with E-state index < -0.39 is 5.79 Å². The molecular formula is C24H37IN4O4. The third-order valence-corrected chi connectivity index (χ3v) is 6.42. The van der Waals surface area contributed by atoms with E-state index in [1.54, 1.807) is 19.0 Å². The highest BCUT2D eigenvalue weighted by atomic mass is 127. The topological polar surface area (TPSA) is 84.4 Å². The maximum absolute atomic E-state index is 12.1. The number of fused-ring (bicyclic) bond motifs is 1. The lowest BCUT2D eigenvalue weighted by atomic mass is 10.0. The van der Waals surface area contributed by atoms with Crippen LogP contribution in [0, 0.1) is 0 Å². The van der Waals surface area contributed by atoms with E-state index in [9.17, 15) is 4.79 Å². The highest BCUT2D eigenvalue weighted by Gasteiger charge is 2.41. The lowest BCUT2D eigenvalue weighted by molar-refractivity contribution is -0.175. The van der Waals surface area contributed by atoms with Gasteiger partial charge < -0.3 is 29.7 Å². The number of hydrogen-bond donors (Lipinski definition) is 2. The van der Waals surface area contributed by atoms with Crippen LogP contribution in [0.4, 0.5) is 0 Å². The van der Waals surface area contributed by atoms with Crippen LogP contribution in [0.25, 0.3) is 0 Å². The van der Waals surface area contributed by atoms with Gasteiger partial charge in [0.1, 0.15) is 18.4 Å². The van der Waals surface area contributed by atoms with Crippen LogP contribution in [0.3, 0.4) is 0 Å². The molecule has 2 N–H and O–H groups in total. The number of carbonyl (C=O) groups is 1. The average Bonchev–Trinajstić information content (AvgIpc) is 3.05. The molecule has 1 saturated carbocycles. The molecule has 2 heterocycles. The van der Waals surface area contributed by atoms with E-state index in [1.165, 1.54) is 12.8 Å². The number of nitrogens with zero attached hydrogens (tertiary/aromatic N) is 2. The zero-order valence-corrected chi connectivity index (χ0v) is 22.0. The Kier molecular flexibility index (Phi) is 9.63. The number of rotatable bonds is 5. The van der Waals surface area contributed by atoms with E-state index in [2.05, 4.69) is 21.7 Å². The van der Waals surface area contributed by atoms with Gasteiger partial charge in [-0.3, -0.25) is 4.79 Å². The summed E-state index contributed by atoms with van der Waals surface area (Å²) in [5.74, 6) is 1.04. The fourth-order valence-corrected chi connectivity index (χ4v) is 4.55. The number of amides is 1. The third kappa shape index (κ3) is 6.95. The Morgan fingerprint density at radius 2 is 1.94 bits per heavy atom. The van der Waals surface area contributed by atoms with E-state index in [-0.39, 0.29) is 48.6 Å². The van der Waals surface area contributed by atoms with Crippen molar-refractivity contribution in [2.45, 2.75) is 62.9 Å². The molecule has 1 aromatic rings. The number of likely N-dealkylation sites (N-methyl/N-ethyl adjacent to an activating group) is 1. The summed E-state index contributed by atoms with van der Waals surface area (Å²) in [5, 5.41) is 6.90. The molecule has 8 nitrogen and oxygen atoms in total. The van der Waals surface area contributed by atoms with Crippen LogP contribution < -0.4 is 15.4 Å². The van der Waals surface area contributed by atoms with Crippen molar-refractivity contribution in [2.75, 3.05) is 40.4 Å². The van der Waals surface area contributed by atoms with Crippen molar-refractivity contribution in [2.24, 2.45) is 4.99 Å². The summed E-state index contributed by atoms with van der Waals surface area (Å²) in [6.45, 7) is 1.88. The first-order chi connectivity index (χ1) is 15.5. The summed E-state index contributed by atoms with van der Waals surface area (Å²) in [7, 11) is 3.48. The first-order valence-electron chi connectivity index (χ1n) is 11.8. The third-order valence-electron chi connectivity index (χ3n) is 6.42. The highest BCUT2D eigenvalue weighted by molar-refractivity contribution is 14.0. The van der Waals surface area contributed by atoms with Crippen LogP contribution in [-0.2, 0) is 14.3 Å². The van der Waals surface area contributed by atoms with Gasteiger partial charge in [0, 0.05) is 45.5 Å². The zero-order chi connectivity index (χ0) is 22.4. The van der Waals surface area contributed by atoms with Crippen molar-refractivity contribution in [1.29, 1.82) is 0 Å². The Morgan fingerprint density at radius 1 is 1.18 bits per heavy atom. The van der Waals surface area contributed by atoms with Crippen molar-refractivity contribution < 1.29 is 19.0 Å². The van der Waals surface area contributed by atoms with Gasteiger partial charge in [-0.2, -0.15) is 0 Å². The average molecular weight is 572 g/mol. The van der Waals surface area contributed by atoms with Gasteiger partial charge in [-0.1, -0.05) is 31.0 Å². The number of ether oxygens (including phenoxy) is 3. The molecule has 2 unspecified atom stereocenters. The molecule has 1 aromatic carbocycles. The van der Waals surface area contributed by atoms with Crippen molar-refractivity contribution in [3.63, 3.8) is 0 Å².